The molecule has 6 heteroatoms. The maximum atomic E-state index is 12.9. The minimum absolute atomic E-state index is 0.149. The predicted molar refractivity (Wildman–Crippen MR) is 89.0 cm³/mol. The van der Waals surface area contributed by atoms with E-state index in [0.29, 0.717) is 9.93 Å². The summed E-state index contributed by atoms with van der Waals surface area (Å²) in [6.45, 7) is 0. The second-order valence-corrected chi connectivity index (χ2v) is 6.27. The molecule has 0 bridgehead atoms. The summed E-state index contributed by atoms with van der Waals surface area (Å²) in [5, 5.41) is 6.57. The summed E-state index contributed by atoms with van der Waals surface area (Å²) in [5.74, 6) is -0.445. The first-order chi connectivity index (χ1) is 10.6. The van der Waals surface area contributed by atoms with Crippen molar-refractivity contribution in [3.05, 3.63) is 69.8 Å². The average molecular weight is 335 g/mol. The van der Waals surface area contributed by atoms with E-state index >= 15 is 0 Å². The molecule has 112 valence electrons. The fraction of sp³-hybridized carbons (Fsp3) is 0.0625. The smallest absolute Gasteiger partial charge is 0.260 e. The quantitative estimate of drug-likeness (QED) is 0.831. The van der Waals surface area contributed by atoms with E-state index in [4.69, 9.17) is 11.6 Å². The van der Waals surface area contributed by atoms with Crippen LogP contribution in [-0.2, 0) is 4.79 Å². The summed E-state index contributed by atoms with van der Waals surface area (Å²) in [6.07, 6.45) is 1.79. The van der Waals surface area contributed by atoms with Crippen LogP contribution < -0.4 is 10.6 Å². The lowest BCUT2D eigenvalue weighted by atomic mass is 10.2. The first-order valence-electron chi connectivity index (χ1n) is 6.57. The number of benzene rings is 2. The van der Waals surface area contributed by atoms with Gasteiger partial charge in [-0.2, -0.15) is 0 Å². The zero-order valence-electron chi connectivity index (χ0n) is 11.3. The molecule has 2 aromatic rings. The molecule has 0 spiro atoms. The van der Waals surface area contributed by atoms with Gasteiger partial charge in [-0.25, -0.2) is 4.39 Å². The maximum absolute atomic E-state index is 12.9. The summed E-state index contributed by atoms with van der Waals surface area (Å²) in [4.78, 5) is 12.6. The first kappa shape index (κ1) is 14.9. The van der Waals surface area contributed by atoms with Crippen molar-refractivity contribution >= 4 is 41.0 Å². The molecule has 2 aromatic carbocycles. The Morgan fingerprint density at radius 3 is 2.73 bits per heavy atom. The standard InChI is InChI=1S/C16H12ClFN2OS/c17-11-3-1-2-10(8-11)9-14-15(21)20-16(22-14)19-13-6-4-12(18)5-7-13/h1-9,16,19H,(H,20,21). The molecule has 1 atom stereocenters. The molecule has 1 aliphatic heterocycles. The number of anilines is 1. The minimum Gasteiger partial charge on any atom is -0.357 e. The molecule has 1 unspecified atom stereocenters. The average Bonchev–Trinajstić information content (AvgIpc) is 2.81. The third-order valence-electron chi connectivity index (χ3n) is 3.02. The summed E-state index contributed by atoms with van der Waals surface area (Å²) in [5.41, 5.74) is 1.32. The summed E-state index contributed by atoms with van der Waals surface area (Å²) in [7, 11) is 0. The van der Waals surface area contributed by atoms with Crippen molar-refractivity contribution in [1.82, 2.24) is 5.32 Å². The van der Waals surface area contributed by atoms with Crippen LogP contribution in [0.25, 0.3) is 6.08 Å². The van der Waals surface area contributed by atoms with E-state index in [1.807, 2.05) is 12.1 Å². The van der Waals surface area contributed by atoms with Crippen LogP contribution in [0.3, 0.4) is 0 Å². The Balaban J connectivity index is 1.71. The van der Waals surface area contributed by atoms with Crippen LogP contribution in [0.15, 0.2) is 53.4 Å². The molecule has 22 heavy (non-hydrogen) atoms. The Labute approximate surface area is 136 Å². The molecule has 1 fully saturated rings. The fourth-order valence-electron chi connectivity index (χ4n) is 2.01. The highest BCUT2D eigenvalue weighted by Gasteiger charge is 2.27. The zero-order valence-corrected chi connectivity index (χ0v) is 12.9. The highest BCUT2D eigenvalue weighted by molar-refractivity contribution is 8.05. The molecule has 1 saturated heterocycles. The molecule has 0 saturated carbocycles. The van der Waals surface area contributed by atoms with Crippen molar-refractivity contribution in [3.8, 4) is 0 Å². The van der Waals surface area contributed by atoms with Gasteiger partial charge >= 0.3 is 0 Å². The minimum atomic E-state index is -0.296. The van der Waals surface area contributed by atoms with Gasteiger partial charge in [-0.1, -0.05) is 35.5 Å². The fourth-order valence-corrected chi connectivity index (χ4v) is 3.19. The number of carbonyl (C=O) groups is 1. The topological polar surface area (TPSA) is 41.1 Å². The molecule has 1 amide bonds. The predicted octanol–water partition coefficient (Wildman–Crippen LogP) is 4.08. The number of rotatable bonds is 3. The second-order valence-electron chi connectivity index (χ2n) is 4.69. The number of hydrogen-bond acceptors (Lipinski definition) is 3. The summed E-state index contributed by atoms with van der Waals surface area (Å²) >= 11 is 7.31. The Kier molecular flexibility index (Phi) is 4.36. The van der Waals surface area contributed by atoms with E-state index in [0.717, 1.165) is 11.3 Å². The molecule has 0 radical (unpaired) electrons. The molecule has 2 N–H and O–H groups in total. The normalized spacial score (nSPS) is 19.3. The molecule has 0 aromatic heterocycles. The number of thioether (sulfide) groups is 1. The van der Waals surface area contributed by atoms with Gasteiger partial charge in [-0.15, -0.1) is 0 Å². The molecule has 0 aliphatic carbocycles. The molecule has 3 rings (SSSR count). The van der Waals surface area contributed by atoms with Crippen LogP contribution in [0.1, 0.15) is 5.56 Å². The third-order valence-corrected chi connectivity index (χ3v) is 4.28. The largest absolute Gasteiger partial charge is 0.357 e. The van der Waals surface area contributed by atoms with Gasteiger partial charge in [0.15, 0.2) is 5.50 Å². The summed E-state index contributed by atoms with van der Waals surface area (Å²) < 4.78 is 12.9. The van der Waals surface area contributed by atoms with Crippen molar-refractivity contribution in [2.45, 2.75) is 5.50 Å². The van der Waals surface area contributed by atoms with Crippen molar-refractivity contribution in [1.29, 1.82) is 0 Å². The highest BCUT2D eigenvalue weighted by Crippen LogP contribution is 2.30. The van der Waals surface area contributed by atoms with Crippen molar-refractivity contribution in [2.24, 2.45) is 0 Å². The van der Waals surface area contributed by atoms with Gasteiger partial charge in [0.25, 0.3) is 5.91 Å². The van der Waals surface area contributed by atoms with Crippen molar-refractivity contribution in [3.63, 3.8) is 0 Å². The van der Waals surface area contributed by atoms with Crippen LogP contribution in [0.5, 0.6) is 0 Å². The van der Waals surface area contributed by atoms with Crippen LogP contribution >= 0.6 is 23.4 Å². The first-order valence-corrected chi connectivity index (χ1v) is 7.83. The maximum Gasteiger partial charge on any atom is 0.260 e. The molecule has 1 heterocycles. The van der Waals surface area contributed by atoms with Gasteiger partial charge < -0.3 is 10.6 Å². The van der Waals surface area contributed by atoms with Crippen LogP contribution in [-0.4, -0.2) is 11.4 Å². The van der Waals surface area contributed by atoms with E-state index in [1.165, 1.54) is 23.9 Å². The Hall–Kier alpha value is -1.98. The molecular formula is C16H12ClFN2OS. The van der Waals surface area contributed by atoms with E-state index in [-0.39, 0.29) is 17.2 Å². The number of carbonyl (C=O) groups excluding carboxylic acids is 1. The third kappa shape index (κ3) is 3.61. The Morgan fingerprint density at radius 2 is 2.00 bits per heavy atom. The van der Waals surface area contributed by atoms with Crippen LogP contribution in [0, 0.1) is 5.82 Å². The number of hydrogen-bond donors (Lipinski definition) is 2. The van der Waals surface area contributed by atoms with Gasteiger partial charge in [-0.05, 0) is 48.0 Å². The summed E-state index contributed by atoms with van der Waals surface area (Å²) in [6, 6.07) is 13.3. The number of halogens is 2. The van der Waals surface area contributed by atoms with Crippen molar-refractivity contribution in [2.75, 3.05) is 5.32 Å². The van der Waals surface area contributed by atoms with Gasteiger partial charge in [0.2, 0.25) is 0 Å². The van der Waals surface area contributed by atoms with Crippen LogP contribution in [0.4, 0.5) is 10.1 Å². The van der Waals surface area contributed by atoms with Gasteiger partial charge in [0.05, 0.1) is 4.91 Å². The lowest BCUT2D eigenvalue weighted by molar-refractivity contribution is -0.116. The molecule has 3 nitrogen and oxygen atoms in total. The molecule has 1 aliphatic rings. The Bertz CT molecular complexity index is 733. The van der Waals surface area contributed by atoms with Crippen LogP contribution in [0.2, 0.25) is 5.02 Å². The highest BCUT2D eigenvalue weighted by atomic mass is 35.5. The van der Waals surface area contributed by atoms with Gasteiger partial charge in [-0.3, -0.25) is 4.79 Å². The molecular weight excluding hydrogens is 323 g/mol. The number of amides is 1. The van der Waals surface area contributed by atoms with E-state index in [1.54, 1.807) is 30.3 Å². The number of nitrogens with one attached hydrogen (secondary N) is 2. The Morgan fingerprint density at radius 1 is 1.23 bits per heavy atom. The van der Waals surface area contributed by atoms with E-state index in [2.05, 4.69) is 10.6 Å². The van der Waals surface area contributed by atoms with Gasteiger partial charge in [0, 0.05) is 10.7 Å². The van der Waals surface area contributed by atoms with Gasteiger partial charge in [0.1, 0.15) is 5.82 Å². The monoisotopic (exact) mass is 334 g/mol. The lowest BCUT2D eigenvalue weighted by Crippen LogP contribution is -2.30. The van der Waals surface area contributed by atoms with Crippen molar-refractivity contribution < 1.29 is 9.18 Å². The lowest BCUT2D eigenvalue weighted by Gasteiger charge is -2.12. The van der Waals surface area contributed by atoms with E-state index < -0.39 is 0 Å². The van der Waals surface area contributed by atoms with E-state index in [9.17, 15) is 9.18 Å². The SMILES string of the molecule is O=C1NC(Nc2ccc(F)cc2)SC1=Cc1cccc(Cl)c1. The second kappa shape index (κ2) is 6.42. The zero-order chi connectivity index (χ0) is 15.5.